The summed E-state index contributed by atoms with van der Waals surface area (Å²) >= 11 is 0. The lowest BCUT2D eigenvalue weighted by molar-refractivity contribution is -0.121. The van der Waals surface area contributed by atoms with Gasteiger partial charge in [-0.2, -0.15) is 0 Å². The Kier molecular flexibility index (Phi) is 4.78. The summed E-state index contributed by atoms with van der Waals surface area (Å²) in [4.78, 5) is 12.1. The highest BCUT2D eigenvalue weighted by atomic mass is 16.4. The van der Waals surface area contributed by atoms with Gasteiger partial charge in [0.25, 0.3) is 0 Å². The molecule has 1 heterocycles. The van der Waals surface area contributed by atoms with Crippen LogP contribution in [0, 0.1) is 5.92 Å². The van der Waals surface area contributed by atoms with E-state index in [1.807, 2.05) is 36.4 Å². The van der Waals surface area contributed by atoms with Crippen molar-refractivity contribution in [1.29, 1.82) is 0 Å². The molecule has 1 amide bonds. The zero-order chi connectivity index (χ0) is 17.8. The van der Waals surface area contributed by atoms with E-state index in [1.165, 1.54) is 5.56 Å². The monoisotopic (exact) mass is 347 g/mol. The van der Waals surface area contributed by atoms with Gasteiger partial charge in [0.15, 0.2) is 0 Å². The highest BCUT2D eigenvalue weighted by Crippen LogP contribution is 2.46. The second-order valence-corrected chi connectivity index (χ2v) is 6.68. The molecule has 1 aliphatic carbocycles. The maximum Gasteiger partial charge on any atom is 0.247 e. The van der Waals surface area contributed by atoms with Crippen LogP contribution in [-0.4, -0.2) is 22.6 Å². The third kappa shape index (κ3) is 3.99. The molecule has 4 rings (SSSR count). The molecule has 5 nitrogen and oxygen atoms in total. The van der Waals surface area contributed by atoms with Crippen molar-refractivity contribution >= 4 is 5.91 Å². The molecule has 1 saturated carbocycles. The number of hydrogen-bond donors (Lipinski definition) is 1. The number of nitrogens with one attached hydrogen (secondary N) is 1. The molecule has 1 fully saturated rings. The van der Waals surface area contributed by atoms with Crippen molar-refractivity contribution in [1.82, 2.24) is 15.5 Å². The van der Waals surface area contributed by atoms with Crippen molar-refractivity contribution in [2.24, 2.45) is 5.92 Å². The van der Waals surface area contributed by atoms with E-state index in [1.54, 1.807) is 0 Å². The van der Waals surface area contributed by atoms with Gasteiger partial charge in [0.2, 0.25) is 17.7 Å². The van der Waals surface area contributed by atoms with Gasteiger partial charge in [-0.25, -0.2) is 0 Å². The Labute approximate surface area is 152 Å². The van der Waals surface area contributed by atoms with Crippen LogP contribution in [0.3, 0.4) is 0 Å². The molecule has 0 unspecified atom stereocenters. The van der Waals surface area contributed by atoms with Crippen molar-refractivity contribution in [3.05, 3.63) is 72.1 Å². The lowest BCUT2D eigenvalue weighted by Gasteiger charge is -2.04. The minimum atomic E-state index is 0.0307. The van der Waals surface area contributed by atoms with Crippen molar-refractivity contribution in [3.8, 4) is 11.5 Å². The Hall–Kier alpha value is -2.95. The number of aryl methyl sites for hydroxylation is 1. The summed E-state index contributed by atoms with van der Waals surface area (Å²) in [5, 5.41) is 11.1. The number of hydrogen-bond acceptors (Lipinski definition) is 4. The molecule has 132 valence electrons. The third-order valence-corrected chi connectivity index (χ3v) is 4.77. The Morgan fingerprint density at radius 3 is 2.54 bits per heavy atom. The van der Waals surface area contributed by atoms with Gasteiger partial charge in [-0.05, 0) is 36.0 Å². The average Bonchev–Trinajstić information content (AvgIpc) is 3.33. The summed E-state index contributed by atoms with van der Waals surface area (Å²) in [5.74, 6) is 2.15. The first-order valence-electron chi connectivity index (χ1n) is 8.99. The Balaban J connectivity index is 1.21. The fraction of sp³-hybridized carbons (Fsp3) is 0.286. The summed E-state index contributed by atoms with van der Waals surface area (Å²) in [6.45, 7) is 0.734. The molecule has 0 saturated heterocycles. The van der Waals surface area contributed by atoms with Crippen molar-refractivity contribution < 1.29 is 9.21 Å². The maximum atomic E-state index is 12.1. The van der Waals surface area contributed by atoms with Crippen LogP contribution in [-0.2, 0) is 11.2 Å². The summed E-state index contributed by atoms with van der Waals surface area (Å²) in [7, 11) is 0. The molecule has 0 bridgehead atoms. The SMILES string of the molecule is O=C(CCc1nnc(-c2ccccc2)o1)NC[C@H]1C[C@H]1c1ccccc1. The number of nitrogens with zero attached hydrogens (tertiary/aromatic N) is 2. The standard InChI is InChI=1S/C21H21N3O2/c25-19(22-14-17-13-18(17)15-7-3-1-4-8-15)11-12-20-23-24-21(26-20)16-9-5-2-6-10-16/h1-10,17-18H,11-14H2,(H,22,25)/t17-,18+/m1/s1. The molecule has 2 aromatic carbocycles. The molecule has 1 aromatic heterocycles. The fourth-order valence-corrected chi connectivity index (χ4v) is 3.19. The maximum absolute atomic E-state index is 12.1. The van der Waals surface area contributed by atoms with Gasteiger partial charge in [-0.1, -0.05) is 48.5 Å². The summed E-state index contributed by atoms with van der Waals surface area (Å²) < 4.78 is 5.63. The normalized spacial score (nSPS) is 18.5. The zero-order valence-electron chi connectivity index (χ0n) is 14.5. The van der Waals surface area contributed by atoms with Crippen LogP contribution in [0.2, 0.25) is 0 Å². The van der Waals surface area contributed by atoms with Crippen molar-refractivity contribution in [3.63, 3.8) is 0 Å². The predicted octanol–water partition coefficient (Wildman–Crippen LogP) is 3.59. The highest BCUT2D eigenvalue weighted by Gasteiger charge is 2.37. The lowest BCUT2D eigenvalue weighted by Crippen LogP contribution is -2.26. The fourth-order valence-electron chi connectivity index (χ4n) is 3.19. The molecule has 0 spiro atoms. The minimum absolute atomic E-state index is 0.0307. The minimum Gasteiger partial charge on any atom is -0.421 e. The zero-order valence-corrected chi connectivity index (χ0v) is 14.5. The Bertz CT molecular complexity index is 861. The van der Waals surface area contributed by atoms with Gasteiger partial charge in [-0.3, -0.25) is 4.79 Å². The van der Waals surface area contributed by atoms with E-state index in [-0.39, 0.29) is 5.91 Å². The largest absolute Gasteiger partial charge is 0.421 e. The number of rotatable bonds is 7. The van der Waals surface area contributed by atoms with Crippen LogP contribution in [0.1, 0.15) is 30.2 Å². The summed E-state index contributed by atoms with van der Waals surface area (Å²) in [6.07, 6.45) is 1.96. The van der Waals surface area contributed by atoms with E-state index in [0.717, 1.165) is 18.5 Å². The number of carbonyl (C=O) groups is 1. The molecule has 5 heteroatoms. The van der Waals surface area contributed by atoms with E-state index >= 15 is 0 Å². The Morgan fingerprint density at radius 1 is 1.04 bits per heavy atom. The van der Waals surface area contributed by atoms with Crippen LogP contribution in [0.25, 0.3) is 11.5 Å². The topological polar surface area (TPSA) is 68.0 Å². The van der Waals surface area contributed by atoms with Gasteiger partial charge in [0.05, 0.1) is 0 Å². The molecule has 1 aliphatic rings. The third-order valence-electron chi connectivity index (χ3n) is 4.77. The molecular weight excluding hydrogens is 326 g/mol. The number of amides is 1. The van der Waals surface area contributed by atoms with Crippen LogP contribution < -0.4 is 5.32 Å². The van der Waals surface area contributed by atoms with Crippen molar-refractivity contribution in [2.75, 3.05) is 6.54 Å². The summed E-state index contributed by atoms with van der Waals surface area (Å²) in [6, 6.07) is 20.1. The first-order valence-corrected chi connectivity index (χ1v) is 8.99. The average molecular weight is 347 g/mol. The molecule has 0 radical (unpaired) electrons. The quantitative estimate of drug-likeness (QED) is 0.709. The van der Waals surface area contributed by atoms with Gasteiger partial charge >= 0.3 is 0 Å². The molecule has 1 N–H and O–H groups in total. The van der Waals surface area contributed by atoms with E-state index in [0.29, 0.717) is 36.5 Å². The highest BCUT2D eigenvalue weighted by molar-refractivity contribution is 5.76. The van der Waals surface area contributed by atoms with Gasteiger partial charge in [-0.15, -0.1) is 10.2 Å². The van der Waals surface area contributed by atoms with Crippen molar-refractivity contribution in [2.45, 2.75) is 25.2 Å². The van der Waals surface area contributed by atoms with E-state index in [9.17, 15) is 4.79 Å². The number of benzene rings is 2. The predicted molar refractivity (Wildman–Crippen MR) is 98.4 cm³/mol. The first-order chi connectivity index (χ1) is 12.8. The van der Waals surface area contributed by atoms with Crippen LogP contribution >= 0.6 is 0 Å². The molecule has 26 heavy (non-hydrogen) atoms. The van der Waals surface area contributed by atoms with Gasteiger partial charge in [0.1, 0.15) is 0 Å². The van der Waals surface area contributed by atoms with Gasteiger partial charge < -0.3 is 9.73 Å². The number of carbonyl (C=O) groups excluding carboxylic acids is 1. The lowest BCUT2D eigenvalue weighted by atomic mass is 10.1. The molecule has 2 atom stereocenters. The van der Waals surface area contributed by atoms with Crippen LogP contribution in [0.5, 0.6) is 0 Å². The van der Waals surface area contributed by atoms with Crippen LogP contribution in [0.15, 0.2) is 65.1 Å². The second-order valence-electron chi connectivity index (χ2n) is 6.68. The van der Waals surface area contributed by atoms with E-state index in [4.69, 9.17) is 4.42 Å². The molecule has 3 aromatic rings. The smallest absolute Gasteiger partial charge is 0.247 e. The molecular formula is C21H21N3O2. The van der Waals surface area contributed by atoms with E-state index < -0.39 is 0 Å². The number of aromatic nitrogens is 2. The van der Waals surface area contributed by atoms with E-state index in [2.05, 4.69) is 39.8 Å². The summed E-state index contributed by atoms with van der Waals surface area (Å²) in [5.41, 5.74) is 2.25. The Morgan fingerprint density at radius 2 is 1.77 bits per heavy atom. The molecule has 0 aliphatic heterocycles. The first kappa shape index (κ1) is 16.5. The van der Waals surface area contributed by atoms with Gasteiger partial charge in [0, 0.05) is 24.9 Å². The van der Waals surface area contributed by atoms with Crippen LogP contribution in [0.4, 0.5) is 0 Å². The second kappa shape index (κ2) is 7.52.